The Bertz CT molecular complexity index is 1210. The monoisotopic (exact) mass is 541 g/mol. The Hall–Kier alpha value is -4.02. The predicted octanol–water partition coefficient (Wildman–Crippen LogP) is 1.33. The van der Waals surface area contributed by atoms with Crippen molar-refractivity contribution in [2.45, 2.75) is 37.7 Å². The Morgan fingerprint density at radius 1 is 1.21 bits per heavy atom. The zero-order chi connectivity index (χ0) is 27.9. The predicted molar refractivity (Wildman–Crippen MR) is 139 cm³/mol. The van der Waals surface area contributed by atoms with Gasteiger partial charge in [0.05, 0.1) is 19.0 Å². The van der Waals surface area contributed by atoms with Crippen LogP contribution in [0.3, 0.4) is 0 Å². The van der Waals surface area contributed by atoms with Crippen molar-refractivity contribution in [3.8, 4) is 12.1 Å². The lowest BCUT2D eigenvalue weighted by Gasteiger charge is -2.40. The second-order valence-electron chi connectivity index (χ2n) is 9.71. The number of piperazine rings is 1. The molecular formula is C26H32FN7O5. The normalized spacial score (nSPS) is 21.9. The summed E-state index contributed by atoms with van der Waals surface area (Å²) in [6.07, 6.45) is -0.526. The second-order valence-corrected chi connectivity index (χ2v) is 9.71. The second kappa shape index (κ2) is 12.7. The number of alkyl halides is 1. The van der Waals surface area contributed by atoms with Crippen LogP contribution in [0.2, 0.25) is 0 Å². The molecule has 1 aromatic heterocycles. The number of carbonyl (C=O) groups excluding carboxylic acids is 1. The Morgan fingerprint density at radius 2 is 1.97 bits per heavy atom. The summed E-state index contributed by atoms with van der Waals surface area (Å²) in [4.78, 5) is 38.2. The van der Waals surface area contributed by atoms with Gasteiger partial charge in [-0.2, -0.15) is 15.2 Å². The number of carboxylic acid groups (broad SMARTS) is 1. The third kappa shape index (κ3) is 7.10. The van der Waals surface area contributed by atoms with Crippen LogP contribution in [0.5, 0.6) is 6.01 Å². The number of nitrogens with two attached hydrogens (primary N) is 1. The van der Waals surface area contributed by atoms with E-state index in [1.54, 1.807) is 11.9 Å². The molecular weight excluding hydrogens is 509 g/mol. The van der Waals surface area contributed by atoms with Crippen molar-refractivity contribution in [2.24, 2.45) is 0 Å². The number of carboxylic acids is 1. The number of hydrogen-bond acceptors (Lipinski definition) is 11. The van der Waals surface area contributed by atoms with Gasteiger partial charge in [0, 0.05) is 38.3 Å². The molecule has 0 aliphatic carbocycles. The van der Waals surface area contributed by atoms with E-state index in [2.05, 4.69) is 16.0 Å². The zero-order valence-corrected chi connectivity index (χ0v) is 21.7. The van der Waals surface area contributed by atoms with Crippen molar-refractivity contribution < 1.29 is 28.6 Å². The first-order valence-corrected chi connectivity index (χ1v) is 12.7. The first-order valence-electron chi connectivity index (χ1n) is 12.7. The van der Waals surface area contributed by atoms with E-state index in [9.17, 15) is 24.3 Å². The van der Waals surface area contributed by atoms with Crippen LogP contribution in [0.4, 0.5) is 15.9 Å². The maximum atomic E-state index is 13.7. The van der Waals surface area contributed by atoms with E-state index in [0.29, 0.717) is 26.1 Å². The molecule has 2 fully saturated rings. The number of nitrogen functional groups attached to an aromatic ring is 1. The lowest BCUT2D eigenvalue weighted by atomic mass is 10.1. The van der Waals surface area contributed by atoms with Gasteiger partial charge in [-0.3, -0.25) is 14.6 Å². The zero-order valence-electron chi connectivity index (χ0n) is 21.7. The van der Waals surface area contributed by atoms with Crippen molar-refractivity contribution in [1.29, 1.82) is 5.26 Å². The van der Waals surface area contributed by atoms with Crippen LogP contribution in [-0.4, -0.2) is 101 Å². The van der Waals surface area contributed by atoms with Crippen LogP contribution in [0, 0.1) is 11.3 Å². The molecule has 1 aromatic carbocycles. The van der Waals surface area contributed by atoms with Crippen molar-refractivity contribution in [2.75, 3.05) is 57.0 Å². The molecule has 0 saturated carbocycles. The molecule has 39 heavy (non-hydrogen) atoms. The molecule has 3 atom stereocenters. The SMILES string of the molecule is CN1C[C@H](F)C[C@H]1COc1nc(C(=O)O)c(N)c(N2CCN(CC(=O)OCc3ccccc3)[C@@H](CC#N)C2)n1. The third-order valence-corrected chi connectivity index (χ3v) is 6.96. The van der Waals surface area contributed by atoms with E-state index in [1.165, 1.54) is 0 Å². The minimum atomic E-state index is -1.34. The molecule has 0 radical (unpaired) electrons. The molecule has 0 bridgehead atoms. The number of benzene rings is 1. The van der Waals surface area contributed by atoms with Crippen LogP contribution < -0.4 is 15.4 Å². The summed E-state index contributed by atoms with van der Waals surface area (Å²) in [5.41, 5.74) is 6.51. The molecule has 4 rings (SSSR count). The highest BCUT2D eigenvalue weighted by Crippen LogP contribution is 2.29. The molecule has 0 spiro atoms. The summed E-state index contributed by atoms with van der Waals surface area (Å²) in [5, 5.41) is 19.1. The van der Waals surface area contributed by atoms with Crippen molar-refractivity contribution >= 4 is 23.4 Å². The van der Waals surface area contributed by atoms with E-state index >= 15 is 0 Å². The molecule has 208 valence electrons. The van der Waals surface area contributed by atoms with Crippen LogP contribution in [-0.2, 0) is 16.1 Å². The maximum Gasteiger partial charge on any atom is 0.357 e. The average Bonchev–Trinajstić information content (AvgIpc) is 3.25. The van der Waals surface area contributed by atoms with Crippen LogP contribution in [0.25, 0.3) is 0 Å². The van der Waals surface area contributed by atoms with Crippen LogP contribution >= 0.6 is 0 Å². The quantitative estimate of drug-likeness (QED) is 0.416. The standard InChI is InChI=1S/C26H32FN7O5/c1-32-12-18(27)11-20(32)16-39-26-30-23(25(36)37)22(29)24(31-26)34-10-9-33(19(13-34)7-8-28)14-21(35)38-15-17-5-3-2-4-6-17/h2-6,18-20H,7,9-16,29H2,1H3,(H,36,37)/t18-,19+,20+/m1/s1. The van der Waals surface area contributed by atoms with Gasteiger partial charge in [-0.05, 0) is 19.0 Å². The molecule has 2 aliphatic heterocycles. The molecule has 2 saturated heterocycles. The maximum absolute atomic E-state index is 13.7. The van der Waals surface area contributed by atoms with Gasteiger partial charge in [-0.25, -0.2) is 9.18 Å². The minimum Gasteiger partial charge on any atom is -0.476 e. The fourth-order valence-electron chi connectivity index (χ4n) is 4.83. The summed E-state index contributed by atoms with van der Waals surface area (Å²) < 4.78 is 24.8. The Balaban J connectivity index is 1.45. The lowest BCUT2D eigenvalue weighted by molar-refractivity contribution is -0.147. The van der Waals surface area contributed by atoms with E-state index in [4.69, 9.17) is 15.2 Å². The van der Waals surface area contributed by atoms with Crippen LogP contribution in [0.1, 0.15) is 28.9 Å². The minimum absolute atomic E-state index is 0.00544. The highest BCUT2D eigenvalue weighted by molar-refractivity contribution is 5.94. The van der Waals surface area contributed by atoms with E-state index in [-0.39, 0.29) is 62.3 Å². The number of hydrogen-bond donors (Lipinski definition) is 2. The molecule has 0 amide bonds. The lowest BCUT2D eigenvalue weighted by Crippen LogP contribution is -2.55. The number of carbonyl (C=O) groups is 2. The number of ether oxygens (including phenoxy) is 2. The van der Waals surface area contributed by atoms with E-state index < -0.39 is 23.8 Å². The van der Waals surface area contributed by atoms with E-state index in [0.717, 1.165) is 5.56 Å². The summed E-state index contributed by atoms with van der Waals surface area (Å²) in [6.45, 7) is 1.58. The van der Waals surface area contributed by atoms with Gasteiger partial charge < -0.3 is 25.2 Å². The number of nitrogens with zero attached hydrogens (tertiary/aromatic N) is 6. The first kappa shape index (κ1) is 28.0. The van der Waals surface area contributed by atoms with Gasteiger partial charge in [0.15, 0.2) is 11.5 Å². The Labute approximate surface area is 225 Å². The number of aromatic nitrogens is 2. The molecule has 0 unspecified atom stereocenters. The Kier molecular flexibility index (Phi) is 9.11. The van der Waals surface area contributed by atoms with Gasteiger partial charge in [0.1, 0.15) is 25.1 Å². The summed E-state index contributed by atoms with van der Waals surface area (Å²) in [5.74, 6) is -1.57. The summed E-state index contributed by atoms with van der Waals surface area (Å²) >= 11 is 0. The summed E-state index contributed by atoms with van der Waals surface area (Å²) in [7, 11) is 1.79. The van der Waals surface area contributed by atoms with Gasteiger partial charge in [-0.15, -0.1) is 0 Å². The molecule has 3 heterocycles. The highest BCUT2D eigenvalue weighted by atomic mass is 19.1. The van der Waals surface area contributed by atoms with Crippen LogP contribution in [0.15, 0.2) is 30.3 Å². The number of rotatable bonds is 10. The highest BCUT2D eigenvalue weighted by Gasteiger charge is 2.33. The number of esters is 1. The van der Waals surface area contributed by atoms with Gasteiger partial charge in [0.2, 0.25) is 0 Å². The number of halogens is 1. The number of anilines is 2. The Morgan fingerprint density at radius 3 is 2.64 bits per heavy atom. The topological polar surface area (TPSA) is 158 Å². The van der Waals surface area contributed by atoms with Crippen molar-refractivity contribution in [3.63, 3.8) is 0 Å². The summed E-state index contributed by atoms with van der Waals surface area (Å²) in [6, 6.07) is 10.8. The third-order valence-electron chi connectivity index (χ3n) is 6.96. The largest absolute Gasteiger partial charge is 0.476 e. The van der Waals surface area contributed by atoms with Gasteiger partial charge >= 0.3 is 17.9 Å². The van der Waals surface area contributed by atoms with Crippen molar-refractivity contribution in [1.82, 2.24) is 19.8 Å². The molecule has 2 aliphatic rings. The molecule has 13 heteroatoms. The number of aromatic carboxylic acids is 1. The van der Waals surface area contributed by atoms with Gasteiger partial charge in [-0.1, -0.05) is 30.3 Å². The van der Waals surface area contributed by atoms with Crippen molar-refractivity contribution in [3.05, 3.63) is 41.6 Å². The fraction of sp³-hybridized carbons (Fsp3) is 0.500. The smallest absolute Gasteiger partial charge is 0.357 e. The van der Waals surface area contributed by atoms with Gasteiger partial charge in [0.25, 0.3) is 0 Å². The average molecular weight is 542 g/mol. The number of likely N-dealkylation sites (tertiary alicyclic amines) is 1. The van der Waals surface area contributed by atoms with E-state index in [1.807, 2.05) is 40.1 Å². The molecule has 2 aromatic rings. The number of likely N-dealkylation sites (N-methyl/N-ethyl adjacent to an activating group) is 1. The first-order chi connectivity index (χ1) is 18.7. The molecule has 12 nitrogen and oxygen atoms in total. The number of nitriles is 1. The fourth-order valence-corrected chi connectivity index (χ4v) is 4.83. The molecule has 3 N–H and O–H groups in total.